The molecule has 3 aromatic rings. The normalized spacial score (nSPS) is 19.4. The van der Waals surface area contributed by atoms with Crippen LogP contribution in [0.4, 0.5) is 22.7 Å². The second-order valence-corrected chi connectivity index (χ2v) is 8.89. The maximum Gasteiger partial charge on any atom is 0.271 e. The average molecular weight is 451 g/mol. The number of aromatic nitrogens is 2. The van der Waals surface area contributed by atoms with Crippen LogP contribution in [0.5, 0.6) is 0 Å². The molecule has 0 spiro atoms. The Hall–Kier alpha value is -3.53. The van der Waals surface area contributed by atoms with Gasteiger partial charge in [-0.3, -0.25) is 14.9 Å². The van der Waals surface area contributed by atoms with Gasteiger partial charge in [-0.25, -0.2) is 0 Å². The largest absolute Gasteiger partial charge is 0.363 e. The van der Waals surface area contributed by atoms with Gasteiger partial charge in [0.15, 0.2) is 0 Å². The molecule has 0 unspecified atom stereocenters. The number of para-hydroxylation sites is 1. The summed E-state index contributed by atoms with van der Waals surface area (Å²) in [4.78, 5) is 28.7. The van der Waals surface area contributed by atoms with Crippen LogP contribution in [-0.2, 0) is 0 Å². The number of hydrogen-bond donors (Lipinski definition) is 1. The molecule has 2 atom stereocenters. The van der Waals surface area contributed by atoms with E-state index in [1.165, 1.54) is 0 Å². The van der Waals surface area contributed by atoms with Gasteiger partial charge in [0.2, 0.25) is 0 Å². The van der Waals surface area contributed by atoms with Gasteiger partial charge < -0.3 is 15.1 Å². The molecule has 1 N–H and O–H groups in total. The fraction of sp³-hybridized carbons (Fsp3) is 0.318. The average Bonchev–Trinajstić information content (AvgIpc) is 3.20. The van der Waals surface area contributed by atoms with Gasteiger partial charge in [0, 0.05) is 37.5 Å². The third-order valence-corrected chi connectivity index (χ3v) is 7.12. The quantitative estimate of drug-likeness (QED) is 0.475. The molecule has 1 saturated heterocycles. The number of aryl methyl sites for hydroxylation is 1. The number of nitro benzene ring substituents is 1. The summed E-state index contributed by atoms with van der Waals surface area (Å²) in [7, 11) is 1.94. The van der Waals surface area contributed by atoms with Crippen LogP contribution in [0.15, 0.2) is 42.5 Å². The molecule has 1 aromatic heterocycles. The van der Waals surface area contributed by atoms with Gasteiger partial charge in [-0.05, 0) is 49.0 Å². The van der Waals surface area contributed by atoms with Crippen molar-refractivity contribution >= 4 is 40.2 Å². The van der Waals surface area contributed by atoms with Crippen LogP contribution in [0.25, 0.3) is 0 Å². The lowest BCUT2D eigenvalue weighted by molar-refractivity contribution is -0.384. The molecule has 0 bridgehead atoms. The highest BCUT2D eigenvalue weighted by molar-refractivity contribution is 7.08. The van der Waals surface area contributed by atoms with E-state index >= 15 is 0 Å². The lowest BCUT2D eigenvalue weighted by atomic mass is 9.90. The number of anilines is 3. The Morgan fingerprint density at radius 3 is 2.78 bits per heavy atom. The third-order valence-electron chi connectivity index (χ3n) is 6.29. The van der Waals surface area contributed by atoms with Gasteiger partial charge in [0.25, 0.3) is 11.6 Å². The molecule has 32 heavy (non-hydrogen) atoms. The lowest BCUT2D eigenvalue weighted by Crippen LogP contribution is -2.46. The second-order valence-electron chi connectivity index (χ2n) is 8.14. The van der Waals surface area contributed by atoms with Crippen LogP contribution in [0.3, 0.4) is 0 Å². The van der Waals surface area contributed by atoms with Gasteiger partial charge in [-0.1, -0.05) is 22.7 Å². The molecule has 164 valence electrons. The zero-order chi connectivity index (χ0) is 22.4. The van der Waals surface area contributed by atoms with Gasteiger partial charge in [0.05, 0.1) is 28.0 Å². The number of amides is 1. The molecule has 1 fully saturated rings. The van der Waals surface area contributed by atoms with E-state index in [0.29, 0.717) is 10.6 Å². The number of non-ortho nitro benzene ring substituents is 1. The van der Waals surface area contributed by atoms with E-state index in [1.807, 2.05) is 36.2 Å². The molecular weight excluding hydrogens is 428 g/mol. The Morgan fingerprint density at radius 1 is 1.22 bits per heavy atom. The first-order valence-corrected chi connectivity index (χ1v) is 11.2. The van der Waals surface area contributed by atoms with Crippen LogP contribution in [0.1, 0.15) is 39.8 Å². The topological polar surface area (TPSA) is 104 Å². The zero-order valence-corrected chi connectivity index (χ0v) is 18.5. The summed E-state index contributed by atoms with van der Waals surface area (Å²) in [6.45, 7) is 2.51. The fourth-order valence-electron chi connectivity index (χ4n) is 4.71. The Labute approximate surface area is 189 Å². The molecular formula is C22H22N6O3S. The van der Waals surface area contributed by atoms with Crippen LogP contribution in [-0.4, -0.2) is 40.1 Å². The van der Waals surface area contributed by atoms with Crippen LogP contribution < -0.4 is 15.1 Å². The summed E-state index contributed by atoms with van der Waals surface area (Å²) < 4.78 is 3.87. The molecule has 0 radical (unpaired) electrons. The van der Waals surface area contributed by atoms with Crippen molar-refractivity contribution in [3.63, 3.8) is 0 Å². The van der Waals surface area contributed by atoms with Crippen molar-refractivity contribution in [2.24, 2.45) is 0 Å². The minimum absolute atomic E-state index is 0.00297. The molecule has 5 rings (SSSR count). The maximum absolute atomic E-state index is 12.8. The first-order valence-electron chi connectivity index (χ1n) is 10.4. The molecule has 9 nitrogen and oxygen atoms in total. The molecule has 2 aliphatic rings. The summed E-state index contributed by atoms with van der Waals surface area (Å²) >= 11 is 1.11. The van der Waals surface area contributed by atoms with E-state index < -0.39 is 0 Å². The lowest BCUT2D eigenvalue weighted by Gasteiger charge is -2.41. The van der Waals surface area contributed by atoms with Crippen molar-refractivity contribution in [2.75, 3.05) is 23.4 Å². The maximum atomic E-state index is 12.8. The SMILES string of the molecule is Cc1nnsc1C(=O)N[C@H]1CCN2c3ccc([N+](=O)[O-])cc3N(C)c3ccccc3[C@@H]2C1. The number of hydrogen-bond acceptors (Lipinski definition) is 8. The number of nitrogens with one attached hydrogen (secondary N) is 1. The van der Waals surface area contributed by atoms with Gasteiger partial charge in [-0.15, -0.1) is 5.10 Å². The highest BCUT2D eigenvalue weighted by Gasteiger charge is 2.37. The first kappa shape index (κ1) is 20.4. The van der Waals surface area contributed by atoms with E-state index in [9.17, 15) is 14.9 Å². The number of carbonyl (C=O) groups is 1. The smallest absolute Gasteiger partial charge is 0.271 e. The number of carbonyl (C=O) groups excluding carboxylic acids is 1. The Balaban J connectivity index is 1.51. The number of nitrogens with zero attached hydrogens (tertiary/aromatic N) is 5. The summed E-state index contributed by atoms with van der Waals surface area (Å²) in [5, 5.41) is 18.5. The molecule has 10 heteroatoms. The number of nitro groups is 1. The van der Waals surface area contributed by atoms with E-state index in [-0.39, 0.29) is 28.6 Å². The molecule has 2 aromatic carbocycles. The Bertz CT molecular complexity index is 1210. The van der Waals surface area contributed by atoms with Crippen molar-refractivity contribution in [3.05, 3.63) is 68.7 Å². The predicted octanol–water partition coefficient (Wildman–Crippen LogP) is 3.98. The summed E-state index contributed by atoms with van der Waals surface area (Å²) in [5.41, 5.74) is 4.64. The second kappa shape index (κ2) is 7.86. The monoisotopic (exact) mass is 450 g/mol. The highest BCUT2D eigenvalue weighted by Crippen LogP contribution is 2.48. The van der Waals surface area contributed by atoms with Gasteiger partial charge in [0.1, 0.15) is 4.88 Å². The number of rotatable bonds is 3. The molecule has 2 aliphatic heterocycles. The van der Waals surface area contributed by atoms with Crippen molar-refractivity contribution in [1.29, 1.82) is 0 Å². The van der Waals surface area contributed by atoms with Gasteiger partial charge >= 0.3 is 0 Å². The molecule has 3 heterocycles. The predicted molar refractivity (Wildman–Crippen MR) is 123 cm³/mol. The molecule has 0 aliphatic carbocycles. The van der Waals surface area contributed by atoms with Crippen molar-refractivity contribution in [2.45, 2.75) is 31.8 Å². The van der Waals surface area contributed by atoms with Crippen LogP contribution >= 0.6 is 11.5 Å². The minimum Gasteiger partial charge on any atom is -0.363 e. The van der Waals surface area contributed by atoms with E-state index in [2.05, 4.69) is 25.9 Å². The molecule has 1 amide bonds. The number of piperidine rings is 1. The summed E-state index contributed by atoms with van der Waals surface area (Å²) in [6, 6.07) is 13.2. The Kier molecular flexibility index (Phi) is 5.01. The van der Waals surface area contributed by atoms with E-state index in [0.717, 1.165) is 53.5 Å². The standard InChI is InChI=1S/C22H22N6O3S/c1-13-21(32-25-24-13)22(29)23-14-9-10-27-18-8-7-15(28(30)31)12-20(18)26(2)17-6-4-3-5-16(17)19(27)11-14/h3-8,12,14,19H,9-11H2,1-2H3,(H,23,29)/t14-,19-/m0/s1. The third kappa shape index (κ3) is 3.36. The molecule has 0 saturated carbocycles. The van der Waals surface area contributed by atoms with Crippen LogP contribution in [0.2, 0.25) is 0 Å². The number of benzene rings is 2. The first-order chi connectivity index (χ1) is 15.4. The van der Waals surface area contributed by atoms with Crippen molar-refractivity contribution in [1.82, 2.24) is 14.9 Å². The fourth-order valence-corrected chi connectivity index (χ4v) is 5.27. The van der Waals surface area contributed by atoms with Crippen molar-refractivity contribution < 1.29 is 9.72 Å². The summed E-state index contributed by atoms with van der Waals surface area (Å²) in [6.07, 6.45) is 1.51. The number of fused-ring (bicyclic) bond motifs is 5. The Morgan fingerprint density at radius 2 is 2.03 bits per heavy atom. The highest BCUT2D eigenvalue weighted by atomic mass is 32.1. The minimum atomic E-state index is -0.361. The van der Waals surface area contributed by atoms with Crippen LogP contribution in [0, 0.1) is 17.0 Å². The van der Waals surface area contributed by atoms with Gasteiger partial charge in [-0.2, -0.15) is 0 Å². The van der Waals surface area contributed by atoms with E-state index in [4.69, 9.17) is 0 Å². The van der Waals surface area contributed by atoms with Crippen molar-refractivity contribution in [3.8, 4) is 0 Å². The summed E-state index contributed by atoms with van der Waals surface area (Å²) in [5.74, 6) is -0.133. The zero-order valence-electron chi connectivity index (χ0n) is 17.7. The van der Waals surface area contributed by atoms with E-state index in [1.54, 1.807) is 19.1 Å².